The van der Waals surface area contributed by atoms with Gasteiger partial charge in [0.05, 0.1) is 4.90 Å². The molecule has 2 N–H and O–H groups in total. The first-order valence-corrected chi connectivity index (χ1v) is 9.42. The van der Waals surface area contributed by atoms with Gasteiger partial charge in [-0.05, 0) is 75.3 Å². The molecule has 5 nitrogen and oxygen atoms in total. The Hall–Kier alpha value is -1.40. The van der Waals surface area contributed by atoms with E-state index in [9.17, 15) is 13.2 Å². The Labute approximate surface area is 138 Å². The van der Waals surface area contributed by atoms with Crippen molar-refractivity contribution in [2.24, 2.45) is 5.73 Å². The standard InChI is InChI=1S/C17H26N2O3S/c1-10-11(2)13(4)16(14(5)12(10)3)23(21,22)19-9-7-6-8-15(19)17(18)20/h15H,6-9H2,1-5H3,(H2,18,20)/t15-/m0/s1. The second kappa shape index (κ2) is 6.24. The normalized spacial score (nSPS) is 19.8. The third-order valence-electron chi connectivity index (χ3n) is 5.28. The number of benzene rings is 1. The third-order valence-corrected chi connectivity index (χ3v) is 7.46. The molecule has 1 aromatic rings. The Morgan fingerprint density at radius 3 is 1.91 bits per heavy atom. The number of hydrogen-bond donors (Lipinski definition) is 1. The molecule has 128 valence electrons. The van der Waals surface area contributed by atoms with Gasteiger partial charge in [0, 0.05) is 6.54 Å². The fraction of sp³-hybridized carbons (Fsp3) is 0.588. The summed E-state index contributed by atoms with van der Waals surface area (Å²) in [6.07, 6.45) is 2.07. The van der Waals surface area contributed by atoms with Crippen molar-refractivity contribution >= 4 is 15.9 Å². The average Bonchev–Trinajstić information content (AvgIpc) is 2.51. The predicted octanol–water partition coefficient (Wildman–Crippen LogP) is 2.26. The zero-order valence-electron chi connectivity index (χ0n) is 14.6. The van der Waals surface area contributed by atoms with E-state index in [1.165, 1.54) is 4.31 Å². The SMILES string of the molecule is Cc1c(C)c(C)c(S(=O)(=O)N2CCCC[C@H]2C(N)=O)c(C)c1C. The zero-order valence-corrected chi connectivity index (χ0v) is 15.4. The smallest absolute Gasteiger partial charge is 0.244 e. The van der Waals surface area contributed by atoms with Crippen LogP contribution < -0.4 is 5.73 Å². The lowest BCUT2D eigenvalue weighted by atomic mass is 9.95. The molecule has 0 bridgehead atoms. The summed E-state index contributed by atoms with van der Waals surface area (Å²) >= 11 is 0. The Balaban J connectivity index is 2.67. The number of hydrogen-bond acceptors (Lipinski definition) is 3. The van der Waals surface area contributed by atoms with Crippen molar-refractivity contribution in [2.75, 3.05) is 6.54 Å². The van der Waals surface area contributed by atoms with Crippen molar-refractivity contribution in [2.45, 2.75) is 64.8 Å². The molecule has 1 aromatic carbocycles. The van der Waals surface area contributed by atoms with Crippen LogP contribution in [0.2, 0.25) is 0 Å². The van der Waals surface area contributed by atoms with Crippen LogP contribution >= 0.6 is 0 Å². The van der Waals surface area contributed by atoms with Crippen molar-refractivity contribution in [3.63, 3.8) is 0 Å². The van der Waals surface area contributed by atoms with E-state index in [0.717, 1.165) is 40.7 Å². The van der Waals surface area contributed by atoms with Crippen LogP contribution in [0.4, 0.5) is 0 Å². The highest BCUT2D eigenvalue weighted by Crippen LogP contribution is 2.34. The molecule has 0 aromatic heterocycles. The Morgan fingerprint density at radius 1 is 0.957 bits per heavy atom. The Bertz CT molecular complexity index is 725. The minimum Gasteiger partial charge on any atom is -0.368 e. The number of rotatable bonds is 3. The lowest BCUT2D eigenvalue weighted by Gasteiger charge is -2.34. The van der Waals surface area contributed by atoms with Crippen LogP contribution in [0.5, 0.6) is 0 Å². The van der Waals surface area contributed by atoms with E-state index in [-0.39, 0.29) is 0 Å². The number of piperidine rings is 1. The molecule has 1 atom stereocenters. The van der Waals surface area contributed by atoms with Gasteiger partial charge in [-0.15, -0.1) is 0 Å². The van der Waals surface area contributed by atoms with Gasteiger partial charge >= 0.3 is 0 Å². The lowest BCUT2D eigenvalue weighted by molar-refractivity contribution is -0.122. The maximum Gasteiger partial charge on any atom is 0.244 e. The van der Waals surface area contributed by atoms with Gasteiger partial charge in [0.15, 0.2) is 0 Å². The number of sulfonamides is 1. The second-order valence-electron chi connectivity index (χ2n) is 6.48. The van der Waals surface area contributed by atoms with E-state index in [0.29, 0.717) is 17.9 Å². The molecule has 0 spiro atoms. The van der Waals surface area contributed by atoms with Crippen LogP contribution in [0.25, 0.3) is 0 Å². The van der Waals surface area contributed by atoms with E-state index in [1.807, 2.05) is 34.6 Å². The molecule has 0 aliphatic carbocycles. The monoisotopic (exact) mass is 338 g/mol. The molecule has 1 aliphatic heterocycles. The Morgan fingerprint density at radius 2 is 1.43 bits per heavy atom. The van der Waals surface area contributed by atoms with Crippen LogP contribution in [0, 0.1) is 34.6 Å². The molecule has 1 heterocycles. The molecule has 23 heavy (non-hydrogen) atoms. The fourth-order valence-electron chi connectivity index (χ4n) is 3.45. The summed E-state index contributed by atoms with van der Waals surface area (Å²) in [6.45, 7) is 9.92. The molecular formula is C17H26N2O3S. The maximum atomic E-state index is 13.3. The van der Waals surface area contributed by atoms with Crippen molar-refractivity contribution in [3.8, 4) is 0 Å². The summed E-state index contributed by atoms with van der Waals surface area (Å²) in [5, 5.41) is 0. The quantitative estimate of drug-likeness (QED) is 0.918. The summed E-state index contributed by atoms with van der Waals surface area (Å²) in [6, 6.07) is -0.741. The van der Waals surface area contributed by atoms with Crippen LogP contribution in [-0.2, 0) is 14.8 Å². The highest BCUT2D eigenvalue weighted by molar-refractivity contribution is 7.89. The molecule has 1 amide bonds. The first kappa shape index (κ1) is 17.9. The van der Waals surface area contributed by atoms with E-state index in [2.05, 4.69) is 0 Å². The van der Waals surface area contributed by atoms with Gasteiger partial charge in [-0.2, -0.15) is 4.31 Å². The number of nitrogens with two attached hydrogens (primary N) is 1. The molecule has 0 saturated carbocycles. The van der Waals surface area contributed by atoms with Gasteiger partial charge in [-0.3, -0.25) is 4.79 Å². The number of amides is 1. The molecule has 0 radical (unpaired) electrons. The molecule has 1 saturated heterocycles. The first-order chi connectivity index (χ1) is 10.6. The van der Waals surface area contributed by atoms with Gasteiger partial charge in [0.2, 0.25) is 15.9 Å². The Kier molecular flexibility index (Phi) is 4.87. The second-order valence-corrected chi connectivity index (χ2v) is 8.31. The van der Waals surface area contributed by atoms with Crippen LogP contribution in [0.1, 0.15) is 47.1 Å². The number of carbonyl (C=O) groups is 1. The highest BCUT2D eigenvalue weighted by Gasteiger charge is 2.38. The molecule has 6 heteroatoms. The summed E-state index contributed by atoms with van der Waals surface area (Å²) in [5.41, 5.74) is 10.1. The molecule has 2 rings (SSSR count). The largest absolute Gasteiger partial charge is 0.368 e. The summed E-state index contributed by atoms with van der Waals surface area (Å²) in [5.74, 6) is -0.566. The number of nitrogens with zero attached hydrogens (tertiary/aromatic N) is 1. The maximum absolute atomic E-state index is 13.3. The predicted molar refractivity (Wildman–Crippen MR) is 90.9 cm³/mol. The van der Waals surface area contributed by atoms with E-state index in [1.54, 1.807) is 0 Å². The third kappa shape index (κ3) is 2.90. The topological polar surface area (TPSA) is 80.5 Å². The molecule has 1 aliphatic rings. The zero-order chi connectivity index (χ0) is 17.5. The van der Waals surface area contributed by atoms with Crippen molar-refractivity contribution in [3.05, 3.63) is 27.8 Å². The van der Waals surface area contributed by atoms with Gasteiger partial charge in [-0.1, -0.05) is 6.42 Å². The van der Waals surface area contributed by atoms with Crippen molar-refractivity contribution < 1.29 is 13.2 Å². The molecular weight excluding hydrogens is 312 g/mol. The number of primary amides is 1. The van der Waals surface area contributed by atoms with Gasteiger partial charge in [0.25, 0.3) is 0 Å². The molecule has 0 unspecified atom stereocenters. The van der Waals surface area contributed by atoms with Crippen LogP contribution in [0.3, 0.4) is 0 Å². The summed E-state index contributed by atoms with van der Waals surface area (Å²) in [7, 11) is -3.75. The van der Waals surface area contributed by atoms with Crippen LogP contribution in [0.15, 0.2) is 4.90 Å². The number of carbonyl (C=O) groups excluding carboxylic acids is 1. The highest BCUT2D eigenvalue weighted by atomic mass is 32.2. The summed E-state index contributed by atoms with van der Waals surface area (Å²) in [4.78, 5) is 12.1. The van der Waals surface area contributed by atoms with E-state index >= 15 is 0 Å². The average molecular weight is 338 g/mol. The van der Waals surface area contributed by atoms with Gasteiger partial charge in [-0.25, -0.2) is 8.42 Å². The lowest BCUT2D eigenvalue weighted by Crippen LogP contribution is -2.50. The van der Waals surface area contributed by atoms with E-state index < -0.39 is 22.0 Å². The molecule has 1 fully saturated rings. The summed E-state index contributed by atoms with van der Waals surface area (Å²) < 4.78 is 27.9. The van der Waals surface area contributed by atoms with Crippen molar-refractivity contribution in [1.82, 2.24) is 4.31 Å². The van der Waals surface area contributed by atoms with Gasteiger partial charge < -0.3 is 5.73 Å². The van der Waals surface area contributed by atoms with Gasteiger partial charge in [0.1, 0.15) is 6.04 Å². The first-order valence-electron chi connectivity index (χ1n) is 7.98. The van der Waals surface area contributed by atoms with Crippen LogP contribution in [-0.4, -0.2) is 31.2 Å². The fourth-order valence-corrected chi connectivity index (χ4v) is 5.68. The minimum atomic E-state index is -3.75. The minimum absolute atomic E-state index is 0.339. The van der Waals surface area contributed by atoms with E-state index in [4.69, 9.17) is 5.73 Å². The van der Waals surface area contributed by atoms with Crippen molar-refractivity contribution in [1.29, 1.82) is 0 Å².